The molecule has 0 fully saturated rings. The molecule has 8 heteroatoms. The summed E-state index contributed by atoms with van der Waals surface area (Å²) >= 11 is 12.4. The van der Waals surface area contributed by atoms with Crippen molar-refractivity contribution in [3.63, 3.8) is 0 Å². The fourth-order valence-electron chi connectivity index (χ4n) is 2.59. The molecule has 1 heterocycles. The Morgan fingerprint density at radius 1 is 1.14 bits per heavy atom. The lowest BCUT2D eigenvalue weighted by Crippen LogP contribution is -2.01. The molecular formula is C20H14Cl2N2O4. The fraction of sp³-hybridized carbons (Fsp3) is 0.0500. The lowest BCUT2D eigenvalue weighted by Gasteiger charge is -2.03. The second-order valence-electron chi connectivity index (χ2n) is 5.92. The van der Waals surface area contributed by atoms with Crippen LogP contribution in [0.25, 0.3) is 11.8 Å². The van der Waals surface area contributed by atoms with E-state index in [-0.39, 0.29) is 22.0 Å². The molecule has 0 aliphatic heterocycles. The van der Waals surface area contributed by atoms with Crippen LogP contribution in [0.1, 0.15) is 32.0 Å². The van der Waals surface area contributed by atoms with Gasteiger partial charge in [-0.2, -0.15) is 5.10 Å². The largest absolute Gasteiger partial charge is 0.507 e. The number of phenolic OH excluding ortho intramolecular Hbond substituents is 1. The summed E-state index contributed by atoms with van der Waals surface area (Å²) in [5.41, 5.74) is 1.55. The maximum Gasteiger partial charge on any atom is 0.335 e. The molecule has 142 valence electrons. The van der Waals surface area contributed by atoms with Crippen molar-refractivity contribution in [2.45, 2.75) is 6.92 Å². The Morgan fingerprint density at radius 2 is 1.89 bits per heavy atom. The van der Waals surface area contributed by atoms with E-state index in [0.29, 0.717) is 22.0 Å². The van der Waals surface area contributed by atoms with Crippen molar-refractivity contribution in [1.82, 2.24) is 9.78 Å². The van der Waals surface area contributed by atoms with Gasteiger partial charge in [0.05, 0.1) is 22.5 Å². The predicted octanol–water partition coefficient (Wildman–Crippen LogP) is 4.79. The quantitative estimate of drug-likeness (QED) is 0.460. The molecule has 0 atom stereocenters. The summed E-state index contributed by atoms with van der Waals surface area (Å²) in [6.07, 6.45) is 2.68. The molecule has 0 saturated heterocycles. The van der Waals surface area contributed by atoms with Crippen molar-refractivity contribution < 1.29 is 19.8 Å². The third kappa shape index (κ3) is 3.93. The molecule has 3 aromatic rings. The van der Waals surface area contributed by atoms with E-state index in [1.165, 1.54) is 29.0 Å². The number of aryl methyl sites for hydroxylation is 1. The van der Waals surface area contributed by atoms with Crippen molar-refractivity contribution in [3.05, 3.63) is 81.1 Å². The normalized spacial score (nSPS) is 11.1. The van der Waals surface area contributed by atoms with Crippen LogP contribution < -0.4 is 0 Å². The van der Waals surface area contributed by atoms with Gasteiger partial charge in [0.1, 0.15) is 10.9 Å². The van der Waals surface area contributed by atoms with Crippen molar-refractivity contribution >= 4 is 41.0 Å². The molecular weight excluding hydrogens is 403 g/mol. The van der Waals surface area contributed by atoms with Gasteiger partial charge in [0, 0.05) is 10.6 Å². The molecule has 28 heavy (non-hydrogen) atoms. The van der Waals surface area contributed by atoms with Gasteiger partial charge in [-0.1, -0.05) is 29.3 Å². The third-order valence-electron chi connectivity index (χ3n) is 4.01. The fourth-order valence-corrected chi connectivity index (χ4v) is 3.11. The monoisotopic (exact) mass is 416 g/mol. The first kappa shape index (κ1) is 19.7. The molecule has 0 aliphatic carbocycles. The molecule has 2 N–H and O–H groups in total. The van der Waals surface area contributed by atoms with Gasteiger partial charge in [0.2, 0.25) is 0 Å². The van der Waals surface area contributed by atoms with E-state index in [2.05, 4.69) is 5.10 Å². The number of carboxylic acids is 1. The van der Waals surface area contributed by atoms with Crippen LogP contribution >= 0.6 is 23.2 Å². The number of aromatic nitrogens is 2. The van der Waals surface area contributed by atoms with Crippen LogP contribution in [0.4, 0.5) is 0 Å². The molecule has 0 unspecified atom stereocenters. The maximum absolute atomic E-state index is 12.4. The number of nitrogens with zero attached hydrogens (tertiary/aromatic N) is 2. The lowest BCUT2D eigenvalue weighted by molar-refractivity contribution is 0.0697. The van der Waals surface area contributed by atoms with E-state index < -0.39 is 11.8 Å². The van der Waals surface area contributed by atoms with E-state index in [9.17, 15) is 14.7 Å². The van der Waals surface area contributed by atoms with Crippen LogP contribution in [0.3, 0.4) is 0 Å². The predicted molar refractivity (Wildman–Crippen MR) is 107 cm³/mol. The third-order valence-corrected chi connectivity index (χ3v) is 4.61. The second kappa shape index (κ2) is 7.88. The minimum Gasteiger partial charge on any atom is -0.507 e. The van der Waals surface area contributed by atoms with Gasteiger partial charge in [0.15, 0.2) is 5.78 Å². The molecule has 0 radical (unpaired) electrons. The van der Waals surface area contributed by atoms with E-state index in [4.69, 9.17) is 28.3 Å². The summed E-state index contributed by atoms with van der Waals surface area (Å²) < 4.78 is 1.50. The summed E-state index contributed by atoms with van der Waals surface area (Å²) in [6.45, 7) is 1.74. The van der Waals surface area contributed by atoms with E-state index in [1.54, 1.807) is 31.2 Å². The molecule has 1 aromatic heterocycles. The molecule has 6 nitrogen and oxygen atoms in total. The second-order valence-corrected chi connectivity index (χ2v) is 6.71. The first-order valence-corrected chi connectivity index (χ1v) is 8.83. The molecule has 0 spiro atoms. The summed E-state index contributed by atoms with van der Waals surface area (Å²) in [4.78, 5) is 23.5. The Balaban J connectivity index is 1.94. The summed E-state index contributed by atoms with van der Waals surface area (Å²) in [6, 6.07) is 10.5. The number of phenols is 1. The average Bonchev–Trinajstić information content (AvgIpc) is 2.94. The molecule has 3 rings (SSSR count). The number of rotatable bonds is 5. The van der Waals surface area contributed by atoms with Crippen molar-refractivity contribution in [2.24, 2.45) is 0 Å². The van der Waals surface area contributed by atoms with E-state index in [1.807, 2.05) is 0 Å². The van der Waals surface area contributed by atoms with Crippen molar-refractivity contribution in [3.8, 4) is 11.4 Å². The van der Waals surface area contributed by atoms with Crippen LogP contribution in [0.15, 0.2) is 48.5 Å². The summed E-state index contributed by atoms with van der Waals surface area (Å²) in [5.74, 6) is -2.07. The van der Waals surface area contributed by atoms with Gasteiger partial charge in [-0.3, -0.25) is 4.79 Å². The Bertz CT molecular complexity index is 1120. The highest BCUT2D eigenvalue weighted by Crippen LogP contribution is 2.27. The number of carbonyl (C=O) groups excluding carboxylic acids is 1. The number of ketones is 1. The minimum absolute atomic E-state index is 0.0995. The smallest absolute Gasteiger partial charge is 0.335 e. The van der Waals surface area contributed by atoms with E-state index in [0.717, 1.165) is 6.07 Å². The van der Waals surface area contributed by atoms with Gasteiger partial charge in [0.25, 0.3) is 0 Å². The van der Waals surface area contributed by atoms with Crippen LogP contribution in [0.5, 0.6) is 5.75 Å². The number of aromatic hydroxyl groups is 1. The number of carbonyl (C=O) groups is 2. The number of carboxylic acid groups (broad SMARTS) is 1. The summed E-state index contributed by atoms with van der Waals surface area (Å²) in [7, 11) is 0. The first-order valence-electron chi connectivity index (χ1n) is 8.07. The number of hydrogen-bond acceptors (Lipinski definition) is 4. The zero-order valence-corrected chi connectivity index (χ0v) is 16.1. The Kier molecular flexibility index (Phi) is 5.53. The van der Waals surface area contributed by atoms with Crippen LogP contribution in [-0.2, 0) is 0 Å². The maximum atomic E-state index is 12.4. The molecule has 0 saturated carbocycles. The lowest BCUT2D eigenvalue weighted by atomic mass is 10.0. The average molecular weight is 417 g/mol. The van der Waals surface area contributed by atoms with Gasteiger partial charge in [-0.25, -0.2) is 9.48 Å². The first-order chi connectivity index (χ1) is 13.3. The SMILES string of the molecule is Cc1nn(-c2cccc(Cl)c2)c(Cl)c1/C=C/C(=O)c1cc(C(=O)O)ccc1O. The number of halogens is 2. The van der Waals surface area contributed by atoms with Crippen LogP contribution in [0, 0.1) is 6.92 Å². The molecule has 0 bridgehead atoms. The molecule has 0 amide bonds. The highest BCUT2D eigenvalue weighted by molar-refractivity contribution is 6.32. The standard InChI is InChI=1S/C20H14Cl2N2O4/c1-11-15(19(22)24(23-11)14-4-2-3-13(21)10-14)6-8-18(26)16-9-12(20(27)28)5-7-17(16)25/h2-10,25H,1H3,(H,27,28)/b8-6+. The topological polar surface area (TPSA) is 92.4 Å². The zero-order chi connectivity index (χ0) is 20.4. The summed E-state index contributed by atoms with van der Waals surface area (Å²) in [5, 5.41) is 24.1. The van der Waals surface area contributed by atoms with Crippen LogP contribution in [-0.4, -0.2) is 31.7 Å². The van der Waals surface area contributed by atoms with E-state index >= 15 is 0 Å². The minimum atomic E-state index is -1.19. The number of allylic oxidation sites excluding steroid dienone is 1. The molecule has 2 aromatic carbocycles. The Morgan fingerprint density at radius 3 is 2.57 bits per heavy atom. The highest BCUT2D eigenvalue weighted by Gasteiger charge is 2.15. The van der Waals surface area contributed by atoms with Gasteiger partial charge in [-0.15, -0.1) is 0 Å². The van der Waals surface area contributed by atoms with Crippen molar-refractivity contribution in [1.29, 1.82) is 0 Å². The number of hydrogen-bond donors (Lipinski definition) is 2. The Hall–Kier alpha value is -3.09. The number of aromatic carboxylic acids is 1. The van der Waals surface area contributed by atoms with Gasteiger partial charge >= 0.3 is 5.97 Å². The highest BCUT2D eigenvalue weighted by atomic mass is 35.5. The van der Waals surface area contributed by atoms with Gasteiger partial charge < -0.3 is 10.2 Å². The zero-order valence-electron chi connectivity index (χ0n) is 14.6. The van der Waals surface area contributed by atoms with Crippen LogP contribution in [0.2, 0.25) is 10.2 Å². The molecule has 0 aliphatic rings. The van der Waals surface area contributed by atoms with Crippen molar-refractivity contribution in [2.75, 3.05) is 0 Å². The van der Waals surface area contributed by atoms with Gasteiger partial charge in [-0.05, 0) is 55.5 Å². The Labute approximate surface area is 170 Å². The number of benzene rings is 2.